The zero-order valence-electron chi connectivity index (χ0n) is 18.7. The van der Waals surface area contributed by atoms with Gasteiger partial charge >= 0.3 is 11.7 Å². The van der Waals surface area contributed by atoms with Gasteiger partial charge in [0, 0.05) is 17.9 Å². The molecule has 0 saturated carbocycles. The number of hydrogen-bond donors (Lipinski definition) is 1. The van der Waals surface area contributed by atoms with E-state index in [4.69, 9.17) is 13.9 Å². The molecule has 1 aromatic heterocycles. The molecule has 0 aliphatic carbocycles. The lowest BCUT2D eigenvalue weighted by molar-refractivity contribution is -0.131. The third kappa shape index (κ3) is 3.42. The second-order valence-corrected chi connectivity index (χ2v) is 8.63. The smallest absolute Gasteiger partial charge is 0.336 e. The molecule has 1 saturated heterocycles. The first-order valence-corrected chi connectivity index (χ1v) is 10.8. The van der Waals surface area contributed by atoms with E-state index < -0.39 is 23.1 Å². The molecule has 8 heteroatoms. The van der Waals surface area contributed by atoms with Crippen LogP contribution in [0.15, 0.2) is 45.6 Å². The zero-order chi connectivity index (χ0) is 23.3. The molecule has 2 aliphatic rings. The first kappa shape index (κ1) is 21.1. The van der Waals surface area contributed by atoms with E-state index in [1.54, 1.807) is 25.1 Å². The Bertz CT molecular complexity index is 1360. The molecule has 3 amide bonds. The number of urea groups is 1. The third-order valence-electron chi connectivity index (χ3n) is 6.45. The molecule has 1 fully saturated rings. The van der Waals surface area contributed by atoms with Gasteiger partial charge in [-0.25, -0.2) is 9.59 Å². The largest absolute Gasteiger partial charge is 0.490 e. The number of carbonyl (C=O) groups is 2. The van der Waals surface area contributed by atoms with Crippen molar-refractivity contribution in [3.8, 4) is 11.5 Å². The van der Waals surface area contributed by atoms with Crippen LogP contribution in [0.2, 0.25) is 0 Å². The monoisotopic (exact) mass is 448 g/mol. The van der Waals surface area contributed by atoms with Crippen LogP contribution in [0.25, 0.3) is 11.0 Å². The molecular weight excluding hydrogens is 424 g/mol. The second-order valence-electron chi connectivity index (χ2n) is 8.63. The maximum atomic E-state index is 13.5. The third-order valence-corrected chi connectivity index (χ3v) is 6.45. The standard InChI is InChI=1S/C25H24N2O6/c1-14-5-7-18-16(11-21(28)33-22(18)15(14)2)13-27-23(29)25(3,26-24(27)30)17-6-8-19-20(12-17)32-10-4-9-31-19/h5-8,11-12H,4,9-10,13H2,1-3H3,(H,26,30). The number of carbonyl (C=O) groups excluding carboxylic acids is 2. The van der Waals surface area contributed by atoms with Crippen LogP contribution >= 0.6 is 0 Å². The van der Waals surface area contributed by atoms with Crippen LogP contribution in [0.3, 0.4) is 0 Å². The zero-order valence-corrected chi connectivity index (χ0v) is 18.7. The Labute approximate surface area is 190 Å². The van der Waals surface area contributed by atoms with E-state index >= 15 is 0 Å². The number of amides is 3. The minimum atomic E-state index is -1.27. The van der Waals surface area contributed by atoms with Crippen molar-refractivity contribution < 1.29 is 23.5 Å². The number of hydrogen-bond acceptors (Lipinski definition) is 6. The van der Waals surface area contributed by atoms with E-state index in [2.05, 4.69) is 5.32 Å². The highest BCUT2D eigenvalue weighted by Gasteiger charge is 2.49. The first-order chi connectivity index (χ1) is 15.8. The van der Waals surface area contributed by atoms with Gasteiger partial charge in [0.1, 0.15) is 11.1 Å². The van der Waals surface area contributed by atoms with Crippen LogP contribution in [-0.4, -0.2) is 30.1 Å². The van der Waals surface area contributed by atoms with Gasteiger partial charge in [-0.15, -0.1) is 0 Å². The van der Waals surface area contributed by atoms with Crippen LogP contribution in [0.4, 0.5) is 4.79 Å². The summed E-state index contributed by atoms with van der Waals surface area (Å²) >= 11 is 0. The van der Waals surface area contributed by atoms with Crippen LogP contribution in [0, 0.1) is 13.8 Å². The lowest BCUT2D eigenvalue weighted by Crippen LogP contribution is -2.40. The van der Waals surface area contributed by atoms with Crippen molar-refractivity contribution in [3.63, 3.8) is 0 Å². The van der Waals surface area contributed by atoms with Gasteiger partial charge in [-0.3, -0.25) is 9.69 Å². The number of aryl methyl sites for hydroxylation is 2. The van der Waals surface area contributed by atoms with E-state index in [1.807, 2.05) is 26.0 Å². The summed E-state index contributed by atoms with van der Waals surface area (Å²) in [6, 6.07) is 9.83. The van der Waals surface area contributed by atoms with E-state index in [-0.39, 0.29) is 6.54 Å². The lowest BCUT2D eigenvalue weighted by atomic mass is 9.91. The fourth-order valence-electron chi connectivity index (χ4n) is 4.34. The Kier molecular flexibility index (Phi) is 4.88. The van der Waals surface area contributed by atoms with Crippen molar-refractivity contribution in [2.24, 2.45) is 0 Å². The van der Waals surface area contributed by atoms with Crippen LogP contribution in [0.1, 0.15) is 35.6 Å². The average Bonchev–Trinajstić information content (AvgIpc) is 2.94. The Morgan fingerprint density at radius 2 is 1.76 bits per heavy atom. The SMILES string of the molecule is Cc1ccc2c(CN3C(=O)NC(C)(c4ccc5c(c4)OCCCO5)C3=O)cc(=O)oc2c1C. The fraction of sp³-hybridized carbons (Fsp3) is 0.320. The quantitative estimate of drug-likeness (QED) is 0.486. The number of ether oxygens (including phenoxy) is 2. The number of nitrogens with zero attached hydrogens (tertiary/aromatic N) is 1. The second kappa shape index (κ2) is 7.65. The Morgan fingerprint density at radius 1 is 1.00 bits per heavy atom. The highest BCUT2D eigenvalue weighted by atomic mass is 16.5. The molecular formula is C25H24N2O6. The number of rotatable bonds is 3. The topological polar surface area (TPSA) is 98.1 Å². The predicted molar refractivity (Wildman–Crippen MR) is 120 cm³/mol. The van der Waals surface area contributed by atoms with Crippen LogP contribution < -0.4 is 20.4 Å². The molecule has 2 aromatic carbocycles. The van der Waals surface area contributed by atoms with E-state index in [0.717, 1.165) is 22.4 Å². The van der Waals surface area contributed by atoms with Crippen LogP contribution in [0.5, 0.6) is 11.5 Å². The molecule has 1 unspecified atom stereocenters. The molecule has 0 radical (unpaired) electrons. The molecule has 33 heavy (non-hydrogen) atoms. The molecule has 3 heterocycles. The minimum absolute atomic E-state index is 0.0462. The van der Waals surface area contributed by atoms with Crippen LogP contribution in [-0.2, 0) is 16.9 Å². The molecule has 3 aromatic rings. The maximum absolute atomic E-state index is 13.5. The van der Waals surface area contributed by atoms with Crippen molar-refractivity contribution in [2.75, 3.05) is 13.2 Å². The molecule has 170 valence electrons. The van der Waals surface area contributed by atoms with Crippen molar-refractivity contribution in [3.05, 3.63) is 69.1 Å². The first-order valence-electron chi connectivity index (χ1n) is 10.8. The van der Waals surface area contributed by atoms with E-state index in [0.29, 0.717) is 46.8 Å². The van der Waals surface area contributed by atoms with Crippen molar-refractivity contribution in [2.45, 2.75) is 39.3 Å². The highest BCUT2D eigenvalue weighted by Crippen LogP contribution is 2.37. The molecule has 1 atom stereocenters. The summed E-state index contributed by atoms with van der Waals surface area (Å²) in [6.07, 6.45) is 0.767. The summed E-state index contributed by atoms with van der Waals surface area (Å²) in [7, 11) is 0. The Morgan fingerprint density at radius 3 is 2.55 bits per heavy atom. The Balaban J connectivity index is 1.51. The number of benzene rings is 2. The van der Waals surface area contributed by atoms with Gasteiger partial charge in [-0.1, -0.05) is 18.2 Å². The lowest BCUT2D eigenvalue weighted by Gasteiger charge is -2.23. The number of imide groups is 1. The molecule has 5 rings (SSSR count). The summed E-state index contributed by atoms with van der Waals surface area (Å²) in [5, 5.41) is 3.51. The predicted octanol–water partition coefficient (Wildman–Crippen LogP) is 3.54. The highest BCUT2D eigenvalue weighted by molar-refractivity contribution is 6.07. The maximum Gasteiger partial charge on any atom is 0.336 e. The molecule has 8 nitrogen and oxygen atoms in total. The Hall–Kier alpha value is -3.81. The fourth-order valence-corrected chi connectivity index (χ4v) is 4.34. The molecule has 0 spiro atoms. The minimum Gasteiger partial charge on any atom is -0.490 e. The van der Waals surface area contributed by atoms with Gasteiger partial charge < -0.3 is 19.2 Å². The molecule has 2 aliphatic heterocycles. The van der Waals surface area contributed by atoms with Crippen molar-refractivity contribution in [1.29, 1.82) is 0 Å². The molecule has 0 bridgehead atoms. The van der Waals surface area contributed by atoms with E-state index in [9.17, 15) is 14.4 Å². The van der Waals surface area contributed by atoms with E-state index in [1.165, 1.54) is 6.07 Å². The summed E-state index contributed by atoms with van der Waals surface area (Å²) < 4.78 is 16.8. The van der Waals surface area contributed by atoms with Gasteiger partial charge in [0.25, 0.3) is 5.91 Å². The van der Waals surface area contributed by atoms with Gasteiger partial charge in [-0.2, -0.15) is 0 Å². The van der Waals surface area contributed by atoms with Gasteiger partial charge in [-0.05, 0) is 55.2 Å². The van der Waals surface area contributed by atoms with Gasteiger partial charge in [0.15, 0.2) is 11.5 Å². The number of fused-ring (bicyclic) bond motifs is 2. The number of nitrogens with one attached hydrogen (secondary N) is 1. The molecule has 1 N–H and O–H groups in total. The van der Waals surface area contributed by atoms with Crippen molar-refractivity contribution in [1.82, 2.24) is 10.2 Å². The summed E-state index contributed by atoms with van der Waals surface area (Å²) in [5.74, 6) is 0.748. The van der Waals surface area contributed by atoms with Gasteiger partial charge in [0.05, 0.1) is 19.8 Å². The average molecular weight is 448 g/mol. The normalized spacial score (nSPS) is 20.2. The van der Waals surface area contributed by atoms with Crippen molar-refractivity contribution >= 4 is 22.9 Å². The summed E-state index contributed by atoms with van der Waals surface area (Å²) in [4.78, 5) is 39.7. The summed E-state index contributed by atoms with van der Waals surface area (Å²) in [6.45, 7) is 6.50. The summed E-state index contributed by atoms with van der Waals surface area (Å²) in [5.41, 5.74) is 1.65. The van der Waals surface area contributed by atoms with Gasteiger partial charge in [0.2, 0.25) is 0 Å².